The average Bonchev–Trinajstić information content (AvgIpc) is 2.75. The minimum Gasteiger partial charge on any atom is -0.491 e. The molecular weight excluding hydrogens is 416 g/mol. The van der Waals surface area contributed by atoms with Crippen molar-refractivity contribution in [3.8, 4) is 11.5 Å². The van der Waals surface area contributed by atoms with E-state index in [1.54, 1.807) is 12.1 Å². The van der Waals surface area contributed by atoms with E-state index in [4.69, 9.17) is 9.47 Å². The third-order valence-electron chi connectivity index (χ3n) is 5.09. The first-order valence-electron chi connectivity index (χ1n) is 9.96. The molecule has 1 amide bonds. The van der Waals surface area contributed by atoms with E-state index in [0.717, 1.165) is 28.3 Å². The zero-order valence-electron chi connectivity index (χ0n) is 17.4. The Morgan fingerprint density at radius 3 is 2.74 bits per heavy atom. The van der Waals surface area contributed by atoms with Gasteiger partial charge in [-0.3, -0.25) is 9.10 Å². The predicted molar refractivity (Wildman–Crippen MR) is 120 cm³/mol. The highest BCUT2D eigenvalue weighted by Crippen LogP contribution is 2.35. The molecule has 1 aliphatic rings. The Morgan fingerprint density at radius 1 is 1.16 bits per heavy atom. The SMILES string of the molecule is Cc1ccc2c(c1)N(S(C)(=O)=O)C[C@H](C(=O)NCCOc1cccc3ccccc13)O2. The molecule has 3 aromatic carbocycles. The van der Waals surface area contributed by atoms with E-state index in [1.165, 1.54) is 4.31 Å². The van der Waals surface area contributed by atoms with Crippen molar-refractivity contribution in [2.45, 2.75) is 13.0 Å². The lowest BCUT2D eigenvalue weighted by Crippen LogP contribution is -2.51. The summed E-state index contributed by atoms with van der Waals surface area (Å²) in [4.78, 5) is 12.7. The Labute approximate surface area is 181 Å². The lowest BCUT2D eigenvalue weighted by atomic mass is 10.1. The number of benzene rings is 3. The normalized spacial score (nSPS) is 15.8. The van der Waals surface area contributed by atoms with Crippen molar-refractivity contribution in [3.05, 3.63) is 66.2 Å². The number of nitrogens with zero attached hydrogens (tertiary/aromatic N) is 1. The molecule has 1 heterocycles. The highest BCUT2D eigenvalue weighted by atomic mass is 32.2. The van der Waals surface area contributed by atoms with Crippen LogP contribution in [0.4, 0.5) is 5.69 Å². The molecule has 1 atom stereocenters. The maximum atomic E-state index is 12.7. The molecule has 7 nitrogen and oxygen atoms in total. The van der Waals surface area contributed by atoms with Crippen LogP contribution in [0.1, 0.15) is 5.56 Å². The summed E-state index contributed by atoms with van der Waals surface area (Å²) in [6.45, 7) is 2.33. The molecule has 4 rings (SSSR count). The van der Waals surface area contributed by atoms with Gasteiger partial charge in [0, 0.05) is 5.39 Å². The lowest BCUT2D eigenvalue weighted by molar-refractivity contribution is -0.127. The Balaban J connectivity index is 1.39. The Kier molecular flexibility index (Phi) is 5.73. The highest BCUT2D eigenvalue weighted by molar-refractivity contribution is 7.92. The molecule has 162 valence electrons. The Bertz CT molecular complexity index is 1220. The number of fused-ring (bicyclic) bond motifs is 2. The fourth-order valence-corrected chi connectivity index (χ4v) is 4.49. The van der Waals surface area contributed by atoms with Crippen molar-refractivity contribution in [2.75, 3.05) is 30.3 Å². The second-order valence-electron chi connectivity index (χ2n) is 7.49. The Hall–Kier alpha value is -3.26. The second-order valence-corrected chi connectivity index (χ2v) is 9.40. The number of anilines is 1. The number of carbonyl (C=O) groups is 1. The molecule has 1 aliphatic heterocycles. The van der Waals surface area contributed by atoms with Gasteiger partial charge in [0.25, 0.3) is 5.91 Å². The van der Waals surface area contributed by atoms with Crippen LogP contribution in [0.2, 0.25) is 0 Å². The molecule has 0 bridgehead atoms. The fraction of sp³-hybridized carbons (Fsp3) is 0.261. The number of hydrogen-bond acceptors (Lipinski definition) is 5. The standard InChI is InChI=1S/C23H24N2O5S/c1-16-10-11-21-19(14-16)25(31(2,27)28)15-22(30-21)23(26)24-12-13-29-20-9-5-7-17-6-3-4-8-18(17)20/h3-11,14,22H,12-13,15H2,1-2H3,(H,24,26)/t22-/m1/s1. The summed E-state index contributed by atoms with van der Waals surface area (Å²) in [7, 11) is -3.56. The van der Waals surface area contributed by atoms with E-state index < -0.39 is 16.1 Å². The topological polar surface area (TPSA) is 84.9 Å². The van der Waals surface area contributed by atoms with Crippen LogP contribution in [0.15, 0.2) is 60.7 Å². The van der Waals surface area contributed by atoms with Gasteiger partial charge in [-0.05, 0) is 36.1 Å². The summed E-state index contributed by atoms with van der Waals surface area (Å²) < 4.78 is 37.4. The molecule has 1 N–H and O–H groups in total. The third-order valence-corrected chi connectivity index (χ3v) is 6.23. The number of rotatable bonds is 6. The molecule has 8 heteroatoms. The van der Waals surface area contributed by atoms with Gasteiger partial charge in [0.1, 0.15) is 18.1 Å². The van der Waals surface area contributed by atoms with E-state index in [1.807, 2.05) is 55.5 Å². The maximum absolute atomic E-state index is 12.7. The van der Waals surface area contributed by atoms with E-state index in [9.17, 15) is 13.2 Å². The molecule has 3 aromatic rings. The van der Waals surface area contributed by atoms with Gasteiger partial charge >= 0.3 is 0 Å². The molecule has 0 spiro atoms. The maximum Gasteiger partial charge on any atom is 0.263 e. The minimum absolute atomic E-state index is 0.0781. The molecule has 0 fully saturated rings. The third kappa shape index (κ3) is 4.59. The van der Waals surface area contributed by atoms with Crippen LogP contribution in [0.25, 0.3) is 10.8 Å². The summed E-state index contributed by atoms with van der Waals surface area (Å²) in [5.74, 6) is 0.727. The summed E-state index contributed by atoms with van der Waals surface area (Å²) in [5.41, 5.74) is 1.36. The second kappa shape index (κ2) is 8.47. The van der Waals surface area contributed by atoms with Crippen LogP contribution in [-0.4, -0.2) is 46.4 Å². The van der Waals surface area contributed by atoms with Crippen LogP contribution in [0.3, 0.4) is 0 Å². The van der Waals surface area contributed by atoms with Crippen LogP contribution in [0, 0.1) is 6.92 Å². The van der Waals surface area contributed by atoms with Crippen LogP contribution in [0.5, 0.6) is 11.5 Å². The van der Waals surface area contributed by atoms with Crippen LogP contribution in [-0.2, 0) is 14.8 Å². The fourth-order valence-electron chi connectivity index (χ4n) is 3.58. The number of amides is 1. The first kappa shape index (κ1) is 21.0. The van der Waals surface area contributed by atoms with E-state index >= 15 is 0 Å². The summed E-state index contributed by atoms with van der Waals surface area (Å²) in [6, 6.07) is 19.0. The first-order chi connectivity index (χ1) is 14.8. The minimum atomic E-state index is -3.56. The van der Waals surface area contributed by atoms with Gasteiger partial charge in [0.15, 0.2) is 6.10 Å². The van der Waals surface area contributed by atoms with Gasteiger partial charge in [-0.25, -0.2) is 8.42 Å². The smallest absolute Gasteiger partial charge is 0.263 e. The largest absolute Gasteiger partial charge is 0.491 e. The van der Waals surface area contributed by atoms with Crippen molar-refractivity contribution in [1.82, 2.24) is 5.32 Å². The van der Waals surface area contributed by atoms with Crippen molar-refractivity contribution >= 4 is 32.4 Å². The monoisotopic (exact) mass is 440 g/mol. The number of aryl methyl sites for hydroxylation is 1. The van der Waals surface area contributed by atoms with E-state index in [2.05, 4.69) is 5.32 Å². The molecule has 0 aliphatic carbocycles. The zero-order chi connectivity index (χ0) is 22.0. The van der Waals surface area contributed by atoms with Crippen molar-refractivity contribution in [3.63, 3.8) is 0 Å². The van der Waals surface area contributed by atoms with E-state index in [0.29, 0.717) is 11.4 Å². The molecule has 0 radical (unpaired) electrons. The average molecular weight is 441 g/mol. The summed E-state index contributed by atoms with van der Waals surface area (Å²) in [6.07, 6.45) is 0.180. The number of sulfonamides is 1. The summed E-state index contributed by atoms with van der Waals surface area (Å²) >= 11 is 0. The summed E-state index contributed by atoms with van der Waals surface area (Å²) in [5, 5.41) is 4.86. The quantitative estimate of drug-likeness (QED) is 0.596. The highest BCUT2D eigenvalue weighted by Gasteiger charge is 2.34. The van der Waals surface area contributed by atoms with Gasteiger partial charge in [0.2, 0.25) is 10.0 Å². The van der Waals surface area contributed by atoms with Gasteiger partial charge in [-0.2, -0.15) is 0 Å². The number of carbonyl (C=O) groups excluding carboxylic acids is 1. The number of hydrogen-bond donors (Lipinski definition) is 1. The van der Waals surface area contributed by atoms with Crippen LogP contribution >= 0.6 is 0 Å². The van der Waals surface area contributed by atoms with Gasteiger partial charge < -0.3 is 14.8 Å². The van der Waals surface area contributed by atoms with Crippen LogP contribution < -0.4 is 19.1 Å². The lowest BCUT2D eigenvalue weighted by Gasteiger charge is -2.34. The molecule has 0 aromatic heterocycles. The number of nitrogens with one attached hydrogen (secondary N) is 1. The molecule has 0 saturated heterocycles. The van der Waals surface area contributed by atoms with Gasteiger partial charge in [-0.15, -0.1) is 0 Å². The van der Waals surface area contributed by atoms with E-state index in [-0.39, 0.29) is 25.6 Å². The predicted octanol–water partition coefficient (Wildman–Crippen LogP) is 2.87. The molecular formula is C23H24N2O5S. The Morgan fingerprint density at radius 2 is 1.94 bits per heavy atom. The molecule has 0 saturated carbocycles. The zero-order valence-corrected chi connectivity index (χ0v) is 18.2. The van der Waals surface area contributed by atoms with Crippen molar-refractivity contribution in [1.29, 1.82) is 0 Å². The van der Waals surface area contributed by atoms with Crippen molar-refractivity contribution in [2.24, 2.45) is 0 Å². The van der Waals surface area contributed by atoms with Crippen molar-refractivity contribution < 1.29 is 22.7 Å². The number of ether oxygens (including phenoxy) is 2. The molecule has 0 unspecified atom stereocenters. The first-order valence-corrected chi connectivity index (χ1v) is 11.8. The van der Waals surface area contributed by atoms with Gasteiger partial charge in [0.05, 0.1) is 25.0 Å². The molecule has 31 heavy (non-hydrogen) atoms. The van der Waals surface area contributed by atoms with Gasteiger partial charge in [-0.1, -0.05) is 42.5 Å².